The van der Waals surface area contributed by atoms with Crippen LogP contribution in [-0.2, 0) is 25.1 Å². The molecule has 0 atom stereocenters. The third-order valence-electron chi connectivity index (χ3n) is 2.99. The molecule has 1 amide bonds. The van der Waals surface area contributed by atoms with Crippen LogP contribution in [0.2, 0.25) is 0 Å². The monoisotopic (exact) mass is 367 g/mol. The van der Waals surface area contributed by atoms with Crippen LogP contribution in [0.1, 0.15) is 22.8 Å². The Morgan fingerprint density at radius 3 is 2.54 bits per heavy atom. The van der Waals surface area contributed by atoms with Crippen molar-refractivity contribution in [3.05, 3.63) is 52.9 Å². The second-order valence-electron chi connectivity index (χ2n) is 4.95. The molecule has 0 fully saturated rings. The molecule has 8 heteroatoms. The van der Waals surface area contributed by atoms with E-state index < -0.39 is 27.5 Å². The van der Waals surface area contributed by atoms with Gasteiger partial charge in [0.1, 0.15) is 10.8 Å². The minimum atomic E-state index is -3.60. The van der Waals surface area contributed by atoms with Gasteiger partial charge in [0.2, 0.25) is 5.91 Å². The average molecular weight is 367 g/mol. The smallest absolute Gasteiger partial charge is 0.341 e. The molecule has 0 unspecified atom stereocenters. The fraction of sp³-hybridized carbons (Fsp3) is 0.250. The lowest BCUT2D eigenvalue weighted by Crippen LogP contribution is -2.24. The second kappa shape index (κ2) is 8.07. The summed E-state index contributed by atoms with van der Waals surface area (Å²) in [6, 6.07) is 10.2. The van der Waals surface area contributed by atoms with E-state index in [1.807, 2.05) is 0 Å². The molecular weight excluding hydrogens is 350 g/mol. The normalized spacial score (nSPS) is 11.0. The molecule has 0 aliphatic heterocycles. The Kier molecular flexibility index (Phi) is 6.10. The van der Waals surface area contributed by atoms with Crippen LogP contribution in [0.5, 0.6) is 0 Å². The zero-order chi connectivity index (χ0) is 17.6. The van der Waals surface area contributed by atoms with Crippen molar-refractivity contribution >= 4 is 38.1 Å². The number of amides is 1. The van der Waals surface area contributed by atoms with Gasteiger partial charge >= 0.3 is 5.97 Å². The maximum Gasteiger partial charge on any atom is 0.341 e. The molecule has 0 aliphatic rings. The third-order valence-corrected chi connectivity index (χ3v) is 5.30. The molecule has 1 N–H and O–H groups in total. The van der Waals surface area contributed by atoms with Crippen molar-refractivity contribution in [1.29, 1.82) is 0 Å². The summed E-state index contributed by atoms with van der Waals surface area (Å²) in [4.78, 5) is 23.8. The van der Waals surface area contributed by atoms with Gasteiger partial charge in [-0.1, -0.05) is 30.3 Å². The Morgan fingerprint density at radius 1 is 1.17 bits per heavy atom. The number of anilines is 1. The van der Waals surface area contributed by atoms with Gasteiger partial charge in [0.05, 0.1) is 17.9 Å². The van der Waals surface area contributed by atoms with E-state index in [9.17, 15) is 18.0 Å². The van der Waals surface area contributed by atoms with Crippen molar-refractivity contribution in [3.63, 3.8) is 0 Å². The van der Waals surface area contributed by atoms with Gasteiger partial charge in [-0.15, -0.1) is 11.3 Å². The highest BCUT2D eigenvalue weighted by molar-refractivity contribution is 7.91. The number of carbonyl (C=O) groups excluding carboxylic acids is 2. The molecule has 2 aromatic rings. The number of hydrogen-bond donors (Lipinski definition) is 1. The standard InChI is InChI=1S/C16H17NO5S2/c1-2-22-16(19)13-8-9-23-15(13)17-14(18)11-24(20,21)10-12-6-4-3-5-7-12/h3-9H,2,10-11H2,1H3,(H,17,18). The lowest BCUT2D eigenvalue weighted by molar-refractivity contribution is -0.113. The number of carbonyl (C=O) groups is 2. The van der Waals surface area contributed by atoms with Crippen molar-refractivity contribution in [1.82, 2.24) is 0 Å². The zero-order valence-corrected chi connectivity index (χ0v) is 14.7. The van der Waals surface area contributed by atoms with Crippen molar-refractivity contribution in [2.45, 2.75) is 12.7 Å². The molecule has 1 aromatic heterocycles. The molecule has 24 heavy (non-hydrogen) atoms. The van der Waals surface area contributed by atoms with Crippen LogP contribution in [0.15, 0.2) is 41.8 Å². The van der Waals surface area contributed by atoms with E-state index in [-0.39, 0.29) is 22.9 Å². The first-order valence-corrected chi connectivity index (χ1v) is 9.90. The number of esters is 1. The number of sulfone groups is 1. The lowest BCUT2D eigenvalue weighted by atomic mass is 10.2. The van der Waals surface area contributed by atoms with Gasteiger partial charge in [0.25, 0.3) is 0 Å². The maximum absolute atomic E-state index is 12.1. The van der Waals surface area contributed by atoms with E-state index in [2.05, 4.69) is 5.32 Å². The van der Waals surface area contributed by atoms with Crippen LogP contribution in [0, 0.1) is 0 Å². The molecule has 0 spiro atoms. The van der Waals surface area contributed by atoms with E-state index in [0.29, 0.717) is 5.56 Å². The number of thiophene rings is 1. The van der Waals surface area contributed by atoms with E-state index in [0.717, 1.165) is 11.3 Å². The van der Waals surface area contributed by atoms with Crippen LogP contribution in [0.25, 0.3) is 0 Å². The topological polar surface area (TPSA) is 89.5 Å². The highest BCUT2D eigenvalue weighted by Gasteiger charge is 2.20. The fourth-order valence-electron chi connectivity index (χ4n) is 2.02. The summed E-state index contributed by atoms with van der Waals surface area (Å²) in [5.41, 5.74) is 0.837. The maximum atomic E-state index is 12.1. The molecule has 128 valence electrons. The number of benzene rings is 1. The van der Waals surface area contributed by atoms with Gasteiger partial charge < -0.3 is 10.1 Å². The number of nitrogens with one attached hydrogen (secondary N) is 1. The predicted octanol–water partition coefficient (Wildman–Crippen LogP) is 2.48. The van der Waals surface area contributed by atoms with Crippen LogP contribution >= 0.6 is 11.3 Å². The quantitative estimate of drug-likeness (QED) is 0.760. The highest BCUT2D eigenvalue weighted by atomic mass is 32.2. The van der Waals surface area contributed by atoms with E-state index >= 15 is 0 Å². The Labute approximate surface area is 144 Å². The minimum absolute atomic E-state index is 0.212. The van der Waals surface area contributed by atoms with Crippen molar-refractivity contribution in [2.75, 3.05) is 17.7 Å². The van der Waals surface area contributed by atoms with Gasteiger partial charge in [-0.2, -0.15) is 0 Å². The Balaban J connectivity index is 2.01. The zero-order valence-electron chi connectivity index (χ0n) is 13.0. The summed E-state index contributed by atoms with van der Waals surface area (Å²) in [7, 11) is -3.60. The van der Waals surface area contributed by atoms with Crippen molar-refractivity contribution in [2.24, 2.45) is 0 Å². The van der Waals surface area contributed by atoms with Gasteiger partial charge in [-0.25, -0.2) is 13.2 Å². The molecule has 0 bridgehead atoms. The predicted molar refractivity (Wildman–Crippen MR) is 92.8 cm³/mol. The summed E-state index contributed by atoms with van der Waals surface area (Å²) < 4.78 is 29.1. The average Bonchev–Trinajstić information content (AvgIpc) is 2.95. The lowest BCUT2D eigenvalue weighted by Gasteiger charge is -2.07. The van der Waals surface area contributed by atoms with E-state index in [4.69, 9.17) is 4.74 Å². The van der Waals surface area contributed by atoms with Gasteiger partial charge in [-0.3, -0.25) is 4.79 Å². The molecule has 2 rings (SSSR count). The van der Waals surface area contributed by atoms with E-state index in [1.165, 1.54) is 6.07 Å². The van der Waals surface area contributed by atoms with Crippen LogP contribution < -0.4 is 5.32 Å². The summed E-state index contributed by atoms with van der Waals surface area (Å²) in [6.07, 6.45) is 0. The SMILES string of the molecule is CCOC(=O)c1ccsc1NC(=O)CS(=O)(=O)Cc1ccccc1. The largest absolute Gasteiger partial charge is 0.462 e. The Morgan fingerprint density at radius 2 is 1.88 bits per heavy atom. The molecular formula is C16H17NO5S2. The summed E-state index contributed by atoms with van der Waals surface area (Å²) in [5.74, 6) is -2.10. The summed E-state index contributed by atoms with van der Waals surface area (Å²) >= 11 is 1.13. The third kappa shape index (κ3) is 5.17. The molecule has 0 radical (unpaired) electrons. The van der Waals surface area contributed by atoms with Crippen LogP contribution in [0.4, 0.5) is 5.00 Å². The van der Waals surface area contributed by atoms with Crippen molar-refractivity contribution in [3.8, 4) is 0 Å². The molecule has 1 heterocycles. The number of hydrogen-bond acceptors (Lipinski definition) is 6. The second-order valence-corrected chi connectivity index (χ2v) is 7.93. The first kappa shape index (κ1) is 18.2. The first-order valence-electron chi connectivity index (χ1n) is 7.20. The molecule has 0 aliphatic carbocycles. The molecule has 1 aromatic carbocycles. The Bertz CT molecular complexity index is 812. The highest BCUT2D eigenvalue weighted by Crippen LogP contribution is 2.24. The number of rotatable bonds is 7. The molecule has 0 saturated heterocycles. The summed E-state index contributed by atoms with van der Waals surface area (Å²) in [6.45, 7) is 1.90. The van der Waals surface area contributed by atoms with Crippen LogP contribution in [0.3, 0.4) is 0 Å². The van der Waals surface area contributed by atoms with Crippen LogP contribution in [-0.4, -0.2) is 32.7 Å². The number of ether oxygens (including phenoxy) is 1. The van der Waals surface area contributed by atoms with Gasteiger partial charge in [0.15, 0.2) is 9.84 Å². The molecule has 0 saturated carbocycles. The first-order chi connectivity index (χ1) is 11.4. The van der Waals surface area contributed by atoms with E-state index in [1.54, 1.807) is 42.6 Å². The van der Waals surface area contributed by atoms with Gasteiger partial charge in [0, 0.05) is 0 Å². The fourth-order valence-corrected chi connectivity index (χ4v) is 4.08. The molecule has 6 nitrogen and oxygen atoms in total. The minimum Gasteiger partial charge on any atom is -0.462 e. The summed E-state index contributed by atoms with van der Waals surface area (Å²) in [5, 5.41) is 4.38. The van der Waals surface area contributed by atoms with Crippen molar-refractivity contribution < 1.29 is 22.7 Å². The van der Waals surface area contributed by atoms with Gasteiger partial charge in [-0.05, 0) is 23.9 Å². The Hall–Kier alpha value is -2.19.